The molecule has 3 rings (SSSR count). The van der Waals surface area contributed by atoms with E-state index in [0.717, 1.165) is 11.1 Å². The Balaban J connectivity index is 1.77. The fourth-order valence-corrected chi connectivity index (χ4v) is 3.69. The predicted molar refractivity (Wildman–Crippen MR) is 79.4 cm³/mol. The first-order valence-electron chi connectivity index (χ1n) is 6.95. The third-order valence-electron chi connectivity index (χ3n) is 4.47. The average molecular weight is 328 g/mol. The van der Waals surface area contributed by atoms with Crippen molar-refractivity contribution in [2.24, 2.45) is 11.8 Å². The molecule has 6 heteroatoms. The monoisotopic (exact) mass is 327 g/mol. The zero-order chi connectivity index (χ0) is 15.1. The van der Waals surface area contributed by atoms with E-state index in [4.69, 9.17) is 28.3 Å². The Hall–Kier alpha value is -1.26. The predicted octanol–water partition coefficient (Wildman–Crippen LogP) is 2.99. The lowest BCUT2D eigenvalue weighted by Gasteiger charge is -2.38. The smallest absolute Gasteiger partial charge is 0.307 e. The van der Waals surface area contributed by atoms with Gasteiger partial charge in [0.15, 0.2) is 0 Å². The Kier molecular flexibility index (Phi) is 3.84. The van der Waals surface area contributed by atoms with E-state index in [-0.39, 0.29) is 11.8 Å². The Morgan fingerprint density at radius 3 is 2.52 bits per heavy atom. The number of carboxylic acid groups (broad SMARTS) is 1. The van der Waals surface area contributed by atoms with Gasteiger partial charge in [0.25, 0.3) is 0 Å². The second-order valence-corrected chi connectivity index (χ2v) is 6.51. The molecule has 1 aromatic rings. The van der Waals surface area contributed by atoms with Crippen molar-refractivity contribution in [1.82, 2.24) is 4.90 Å². The van der Waals surface area contributed by atoms with Crippen LogP contribution in [0.25, 0.3) is 0 Å². The Labute approximate surface area is 132 Å². The molecular formula is C15H15Cl2NO3. The van der Waals surface area contributed by atoms with Gasteiger partial charge in [-0.05, 0) is 42.5 Å². The summed E-state index contributed by atoms with van der Waals surface area (Å²) in [5.74, 6) is -1.85. The molecule has 0 bridgehead atoms. The van der Waals surface area contributed by atoms with Crippen LogP contribution in [-0.2, 0) is 22.6 Å². The summed E-state index contributed by atoms with van der Waals surface area (Å²) < 4.78 is 0. The van der Waals surface area contributed by atoms with Gasteiger partial charge in [-0.3, -0.25) is 9.59 Å². The number of hydrogen-bond donors (Lipinski definition) is 1. The summed E-state index contributed by atoms with van der Waals surface area (Å²) in [5, 5.41) is 10.2. The molecule has 1 amide bonds. The number of fused-ring (bicyclic) bond motifs is 1. The first kappa shape index (κ1) is 14.7. The van der Waals surface area contributed by atoms with Gasteiger partial charge in [-0.15, -0.1) is 0 Å². The number of aliphatic carboxylic acids is 1. The van der Waals surface area contributed by atoms with Crippen molar-refractivity contribution >= 4 is 35.1 Å². The van der Waals surface area contributed by atoms with Crippen LogP contribution in [0.2, 0.25) is 10.0 Å². The van der Waals surface area contributed by atoms with Crippen molar-refractivity contribution in [2.45, 2.75) is 25.8 Å². The summed E-state index contributed by atoms with van der Waals surface area (Å²) in [4.78, 5) is 25.3. The second-order valence-electron chi connectivity index (χ2n) is 5.66. The van der Waals surface area contributed by atoms with Crippen LogP contribution >= 0.6 is 23.2 Å². The number of amides is 1. The highest BCUT2D eigenvalue weighted by molar-refractivity contribution is 6.35. The number of carbonyl (C=O) groups is 2. The third kappa shape index (κ3) is 2.62. The molecule has 112 valence electrons. The Bertz CT molecular complexity index is 617. The number of nitrogens with zero attached hydrogens (tertiary/aromatic N) is 1. The molecule has 4 nitrogen and oxygen atoms in total. The third-order valence-corrected chi connectivity index (χ3v) is 5.03. The molecule has 1 N–H and O–H groups in total. The molecule has 21 heavy (non-hydrogen) atoms. The van der Waals surface area contributed by atoms with E-state index in [1.807, 2.05) is 6.07 Å². The Morgan fingerprint density at radius 1 is 1.19 bits per heavy atom. The van der Waals surface area contributed by atoms with Crippen molar-refractivity contribution in [3.05, 3.63) is 33.3 Å². The van der Waals surface area contributed by atoms with Crippen molar-refractivity contribution in [3.8, 4) is 0 Å². The van der Waals surface area contributed by atoms with E-state index in [0.29, 0.717) is 42.4 Å². The summed E-state index contributed by atoms with van der Waals surface area (Å²) in [6, 6.07) is 3.56. The van der Waals surface area contributed by atoms with Gasteiger partial charge in [0.2, 0.25) is 5.91 Å². The van der Waals surface area contributed by atoms with Gasteiger partial charge < -0.3 is 10.0 Å². The maximum atomic E-state index is 12.5. The maximum Gasteiger partial charge on any atom is 0.307 e. The molecule has 0 radical (unpaired) electrons. The van der Waals surface area contributed by atoms with Crippen LogP contribution < -0.4 is 0 Å². The van der Waals surface area contributed by atoms with Gasteiger partial charge in [0, 0.05) is 23.1 Å². The average Bonchev–Trinajstić information content (AvgIpc) is 2.36. The number of hydrogen-bond acceptors (Lipinski definition) is 2. The van der Waals surface area contributed by atoms with Gasteiger partial charge in [-0.2, -0.15) is 0 Å². The molecule has 0 aromatic heterocycles. The van der Waals surface area contributed by atoms with Gasteiger partial charge >= 0.3 is 5.97 Å². The fraction of sp³-hybridized carbons (Fsp3) is 0.467. The van der Waals surface area contributed by atoms with E-state index in [1.54, 1.807) is 11.0 Å². The van der Waals surface area contributed by atoms with Crippen LogP contribution in [0.4, 0.5) is 0 Å². The van der Waals surface area contributed by atoms with E-state index < -0.39 is 11.9 Å². The van der Waals surface area contributed by atoms with Crippen molar-refractivity contribution in [3.63, 3.8) is 0 Å². The molecular weight excluding hydrogens is 313 g/mol. The Morgan fingerprint density at radius 2 is 1.90 bits per heavy atom. The van der Waals surface area contributed by atoms with Crippen LogP contribution in [0, 0.1) is 11.8 Å². The highest BCUT2D eigenvalue weighted by Crippen LogP contribution is 2.37. The SMILES string of the molecule is O=C(O)C1CCC1C(=O)N1CCc2cc(Cl)cc(Cl)c2C1. The lowest BCUT2D eigenvalue weighted by atomic mass is 9.72. The van der Waals surface area contributed by atoms with Crippen molar-refractivity contribution in [1.29, 1.82) is 0 Å². The molecule has 1 aliphatic heterocycles. The van der Waals surface area contributed by atoms with Crippen LogP contribution in [0.3, 0.4) is 0 Å². The maximum absolute atomic E-state index is 12.5. The number of benzene rings is 1. The molecule has 1 saturated carbocycles. The zero-order valence-electron chi connectivity index (χ0n) is 11.3. The molecule has 2 aliphatic rings. The number of halogens is 2. The quantitative estimate of drug-likeness (QED) is 0.908. The van der Waals surface area contributed by atoms with Crippen molar-refractivity contribution in [2.75, 3.05) is 6.54 Å². The van der Waals surface area contributed by atoms with Gasteiger partial charge in [-0.1, -0.05) is 23.2 Å². The van der Waals surface area contributed by atoms with Crippen LogP contribution in [0.5, 0.6) is 0 Å². The van der Waals surface area contributed by atoms with Crippen molar-refractivity contribution < 1.29 is 14.7 Å². The minimum atomic E-state index is -0.873. The summed E-state index contributed by atoms with van der Waals surface area (Å²) in [7, 11) is 0. The van der Waals surface area contributed by atoms with Gasteiger partial charge in [0.05, 0.1) is 11.8 Å². The zero-order valence-corrected chi connectivity index (χ0v) is 12.8. The summed E-state index contributed by atoms with van der Waals surface area (Å²) in [6.45, 7) is 1.03. The number of rotatable bonds is 2. The first-order chi connectivity index (χ1) is 9.97. The summed E-state index contributed by atoms with van der Waals surface area (Å²) in [5.41, 5.74) is 1.99. The molecule has 2 atom stereocenters. The number of carboxylic acids is 1. The first-order valence-corrected chi connectivity index (χ1v) is 7.71. The molecule has 1 aromatic carbocycles. The minimum absolute atomic E-state index is 0.0645. The van der Waals surface area contributed by atoms with E-state index in [2.05, 4.69) is 0 Å². The van der Waals surface area contributed by atoms with Crippen LogP contribution in [0.1, 0.15) is 24.0 Å². The van der Waals surface area contributed by atoms with E-state index in [9.17, 15) is 9.59 Å². The van der Waals surface area contributed by atoms with E-state index in [1.165, 1.54) is 0 Å². The largest absolute Gasteiger partial charge is 0.481 e. The van der Waals surface area contributed by atoms with Crippen LogP contribution in [0.15, 0.2) is 12.1 Å². The summed E-state index contributed by atoms with van der Waals surface area (Å²) >= 11 is 12.2. The number of carbonyl (C=O) groups excluding carboxylic acids is 1. The highest BCUT2D eigenvalue weighted by Gasteiger charge is 2.43. The highest BCUT2D eigenvalue weighted by atomic mass is 35.5. The normalized spacial score (nSPS) is 24.2. The topological polar surface area (TPSA) is 57.6 Å². The molecule has 0 saturated heterocycles. The standard InChI is InChI=1S/C15H15Cl2NO3/c16-9-5-8-3-4-18(7-12(8)13(17)6-9)14(19)10-1-2-11(10)15(20)21/h5-6,10-11H,1-4,7H2,(H,20,21). The molecule has 0 spiro atoms. The van der Waals surface area contributed by atoms with Crippen LogP contribution in [-0.4, -0.2) is 28.4 Å². The van der Waals surface area contributed by atoms with E-state index >= 15 is 0 Å². The lowest BCUT2D eigenvalue weighted by Crippen LogP contribution is -2.47. The van der Waals surface area contributed by atoms with Gasteiger partial charge in [0.1, 0.15) is 0 Å². The molecule has 2 unspecified atom stereocenters. The lowest BCUT2D eigenvalue weighted by molar-refractivity contribution is -0.157. The molecule has 1 fully saturated rings. The van der Waals surface area contributed by atoms with Gasteiger partial charge in [-0.25, -0.2) is 0 Å². The fourth-order valence-electron chi connectivity index (χ4n) is 3.10. The summed E-state index contributed by atoms with van der Waals surface area (Å²) in [6.07, 6.45) is 1.95. The molecule has 1 aliphatic carbocycles. The second kappa shape index (κ2) is 5.50. The molecule has 1 heterocycles. The minimum Gasteiger partial charge on any atom is -0.481 e.